The van der Waals surface area contributed by atoms with Crippen LogP contribution in [0.3, 0.4) is 0 Å². The van der Waals surface area contributed by atoms with Gasteiger partial charge in [-0.1, -0.05) is 0 Å². The second kappa shape index (κ2) is 3.45. The molecule has 0 saturated carbocycles. The highest BCUT2D eigenvalue weighted by molar-refractivity contribution is 5.35. The van der Waals surface area contributed by atoms with E-state index in [4.69, 9.17) is 5.26 Å². The Balaban J connectivity index is 2.51. The molecule has 74 valence electrons. The van der Waals surface area contributed by atoms with E-state index in [1.54, 1.807) is 0 Å². The molecular weight excluding hydrogens is 174 g/mol. The minimum Gasteiger partial charge on any atom is -0.270 e. The molecule has 0 amide bonds. The lowest BCUT2D eigenvalue weighted by molar-refractivity contribution is 0.612. The first kappa shape index (κ1) is 9.26. The Kier molecular flexibility index (Phi) is 2.28. The topological polar surface area (TPSA) is 41.6 Å². The van der Waals surface area contributed by atoms with Crippen molar-refractivity contribution in [2.75, 3.05) is 0 Å². The lowest BCUT2D eigenvalue weighted by Gasteiger charge is -2.15. The zero-order chi connectivity index (χ0) is 10.1. The van der Waals surface area contributed by atoms with E-state index in [1.165, 1.54) is 11.3 Å². The lowest BCUT2D eigenvalue weighted by Crippen LogP contribution is -2.07. The Hall–Kier alpha value is -1.30. The van der Waals surface area contributed by atoms with Gasteiger partial charge in [0, 0.05) is 17.8 Å². The molecular formula is C11H15N3. The second-order valence-corrected chi connectivity index (χ2v) is 3.84. The highest BCUT2D eigenvalue weighted by Crippen LogP contribution is 2.32. The minimum absolute atomic E-state index is 0.0825. The maximum absolute atomic E-state index is 9.06. The molecule has 0 N–H and O–H groups in total. The fourth-order valence-electron chi connectivity index (χ4n) is 2.32. The quantitative estimate of drug-likeness (QED) is 0.679. The summed E-state index contributed by atoms with van der Waals surface area (Å²) in [4.78, 5) is 0. The Morgan fingerprint density at radius 1 is 1.64 bits per heavy atom. The fraction of sp³-hybridized carbons (Fsp3) is 0.636. The van der Waals surface area contributed by atoms with E-state index in [1.807, 2.05) is 4.68 Å². The van der Waals surface area contributed by atoms with Gasteiger partial charge < -0.3 is 0 Å². The maximum atomic E-state index is 9.06. The van der Waals surface area contributed by atoms with Crippen LogP contribution in [-0.2, 0) is 13.0 Å². The van der Waals surface area contributed by atoms with Crippen molar-refractivity contribution in [1.29, 1.82) is 5.26 Å². The summed E-state index contributed by atoms with van der Waals surface area (Å²) in [5.74, 6) is 0.0825. The first-order valence-corrected chi connectivity index (χ1v) is 5.23. The lowest BCUT2D eigenvalue weighted by atomic mass is 9.86. The number of fused-ring (bicyclic) bond motifs is 1. The first-order valence-electron chi connectivity index (χ1n) is 5.23. The number of nitriles is 1. The Bertz CT molecular complexity index is 384. The summed E-state index contributed by atoms with van der Waals surface area (Å²) in [5, 5.41) is 13.6. The second-order valence-electron chi connectivity index (χ2n) is 3.84. The van der Waals surface area contributed by atoms with Crippen LogP contribution < -0.4 is 0 Å². The predicted octanol–water partition coefficient (Wildman–Crippen LogP) is 2.15. The smallest absolute Gasteiger partial charge is 0.0749 e. The van der Waals surface area contributed by atoms with Crippen LogP contribution in [0.25, 0.3) is 0 Å². The number of rotatable bonds is 1. The van der Waals surface area contributed by atoms with E-state index in [0.717, 1.165) is 31.5 Å². The van der Waals surface area contributed by atoms with Crippen LogP contribution in [-0.4, -0.2) is 9.78 Å². The Labute approximate surface area is 84.3 Å². The normalized spacial score (nSPS) is 20.2. The maximum Gasteiger partial charge on any atom is 0.0749 e. The highest BCUT2D eigenvalue weighted by Gasteiger charge is 2.25. The van der Waals surface area contributed by atoms with Crippen molar-refractivity contribution in [2.24, 2.45) is 0 Å². The molecule has 1 atom stereocenters. The van der Waals surface area contributed by atoms with Gasteiger partial charge in [-0.05, 0) is 33.1 Å². The van der Waals surface area contributed by atoms with Gasteiger partial charge in [0.05, 0.1) is 17.7 Å². The molecule has 1 aliphatic carbocycles. The highest BCUT2D eigenvalue weighted by atomic mass is 15.3. The summed E-state index contributed by atoms with van der Waals surface area (Å²) >= 11 is 0. The summed E-state index contributed by atoms with van der Waals surface area (Å²) < 4.78 is 2.01. The Morgan fingerprint density at radius 3 is 3.07 bits per heavy atom. The standard InChI is InChI=1S/C11H15N3/c1-3-14-8(2)11-9(7-12)5-4-6-10(11)13-14/h9H,3-6H2,1-2H3. The van der Waals surface area contributed by atoms with Crippen LogP contribution in [0.1, 0.15) is 42.6 Å². The number of aromatic nitrogens is 2. The fourth-order valence-corrected chi connectivity index (χ4v) is 2.32. The van der Waals surface area contributed by atoms with Gasteiger partial charge in [0.2, 0.25) is 0 Å². The minimum atomic E-state index is 0.0825. The SMILES string of the molecule is CCn1nc2c(c1C)C(C#N)CCC2. The van der Waals surface area contributed by atoms with Crippen molar-refractivity contribution in [3.63, 3.8) is 0 Å². The number of nitrogens with zero attached hydrogens (tertiary/aromatic N) is 3. The summed E-state index contributed by atoms with van der Waals surface area (Å²) in [6, 6.07) is 2.39. The molecule has 1 unspecified atom stereocenters. The molecule has 0 fully saturated rings. The molecule has 14 heavy (non-hydrogen) atoms. The van der Waals surface area contributed by atoms with Gasteiger partial charge in [0.25, 0.3) is 0 Å². The number of hydrogen-bond donors (Lipinski definition) is 0. The van der Waals surface area contributed by atoms with Crippen molar-refractivity contribution < 1.29 is 0 Å². The van der Waals surface area contributed by atoms with E-state index in [9.17, 15) is 0 Å². The summed E-state index contributed by atoms with van der Waals surface area (Å²) in [6.07, 6.45) is 3.15. The molecule has 1 aromatic heterocycles. The summed E-state index contributed by atoms with van der Waals surface area (Å²) in [7, 11) is 0. The van der Waals surface area contributed by atoms with Gasteiger partial charge in [0.15, 0.2) is 0 Å². The van der Waals surface area contributed by atoms with E-state index in [0.29, 0.717) is 0 Å². The van der Waals surface area contributed by atoms with Gasteiger partial charge in [-0.3, -0.25) is 4.68 Å². The zero-order valence-corrected chi connectivity index (χ0v) is 8.75. The number of aryl methyl sites for hydroxylation is 2. The molecule has 1 aromatic rings. The number of hydrogen-bond acceptors (Lipinski definition) is 2. The van der Waals surface area contributed by atoms with E-state index >= 15 is 0 Å². The molecule has 0 radical (unpaired) electrons. The van der Waals surface area contributed by atoms with Crippen molar-refractivity contribution in [3.8, 4) is 6.07 Å². The van der Waals surface area contributed by atoms with Gasteiger partial charge in [-0.2, -0.15) is 10.4 Å². The van der Waals surface area contributed by atoms with E-state index in [-0.39, 0.29) is 5.92 Å². The molecule has 3 nitrogen and oxygen atoms in total. The molecule has 0 aromatic carbocycles. The third kappa shape index (κ3) is 1.22. The third-order valence-corrected chi connectivity index (χ3v) is 3.04. The van der Waals surface area contributed by atoms with Crippen LogP contribution in [0.15, 0.2) is 0 Å². The van der Waals surface area contributed by atoms with Crippen LogP contribution in [0.2, 0.25) is 0 Å². The molecule has 2 rings (SSSR count). The van der Waals surface area contributed by atoms with E-state index in [2.05, 4.69) is 25.0 Å². The van der Waals surface area contributed by atoms with Crippen LogP contribution >= 0.6 is 0 Å². The van der Waals surface area contributed by atoms with Crippen molar-refractivity contribution in [3.05, 3.63) is 17.0 Å². The molecule has 0 saturated heterocycles. The molecule has 3 heteroatoms. The van der Waals surface area contributed by atoms with Crippen LogP contribution in [0.5, 0.6) is 0 Å². The van der Waals surface area contributed by atoms with Crippen LogP contribution in [0, 0.1) is 18.3 Å². The van der Waals surface area contributed by atoms with Crippen LogP contribution in [0.4, 0.5) is 0 Å². The van der Waals surface area contributed by atoms with Crippen molar-refractivity contribution in [1.82, 2.24) is 9.78 Å². The Morgan fingerprint density at radius 2 is 2.43 bits per heavy atom. The third-order valence-electron chi connectivity index (χ3n) is 3.04. The largest absolute Gasteiger partial charge is 0.270 e. The van der Waals surface area contributed by atoms with Crippen molar-refractivity contribution in [2.45, 2.75) is 45.6 Å². The van der Waals surface area contributed by atoms with Gasteiger partial charge >= 0.3 is 0 Å². The first-order chi connectivity index (χ1) is 6.77. The van der Waals surface area contributed by atoms with Gasteiger partial charge in [-0.25, -0.2) is 0 Å². The zero-order valence-electron chi connectivity index (χ0n) is 8.75. The average Bonchev–Trinajstić information content (AvgIpc) is 2.55. The monoisotopic (exact) mass is 189 g/mol. The summed E-state index contributed by atoms with van der Waals surface area (Å²) in [6.45, 7) is 5.06. The molecule has 0 aliphatic heterocycles. The van der Waals surface area contributed by atoms with E-state index < -0.39 is 0 Å². The molecule has 0 bridgehead atoms. The molecule has 1 aliphatic rings. The summed E-state index contributed by atoms with van der Waals surface area (Å²) in [5.41, 5.74) is 3.55. The molecule has 0 spiro atoms. The van der Waals surface area contributed by atoms with Gasteiger partial charge in [0.1, 0.15) is 0 Å². The average molecular weight is 189 g/mol. The van der Waals surface area contributed by atoms with Crippen molar-refractivity contribution >= 4 is 0 Å². The predicted molar refractivity (Wildman–Crippen MR) is 53.9 cm³/mol. The molecule has 1 heterocycles. The van der Waals surface area contributed by atoms with Gasteiger partial charge in [-0.15, -0.1) is 0 Å².